The molecule has 0 nitrogen and oxygen atoms in total. The number of hydrogen-bond donors (Lipinski definition) is 0. The predicted octanol–water partition coefficient (Wildman–Crippen LogP) is 4.99. The highest BCUT2D eigenvalue weighted by atomic mass is 14.4. The summed E-state index contributed by atoms with van der Waals surface area (Å²) in [5.74, 6) is 2.35. The van der Waals surface area contributed by atoms with Crippen molar-refractivity contribution >= 4 is 0 Å². The first kappa shape index (κ1) is 14.0. The van der Waals surface area contributed by atoms with E-state index in [0.717, 1.165) is 17.8 Å². The fraction of sp³-hybridized carbons (Fsp3) is 1.00. The van der Waals surface area contributed by atoms with Crippen LogP contribution in [0.5, 0.6) is 0 Å². The second-order valence-corrected chi connectivity index (χ2v) is 6.86. The predicted molar refractivity (Wildman–Crippen MR) is 66.4 cm³/mol. The Morgan fingerprint density at radius 3 is 1.29 bits per heavy atom. The summed E-state index contributed by atoms with van der Waals surface area (Å²) in [6, 6.07) is 0. The van der Waals surface area contributed by atoms with E-state index in [1.807, 2.05) is 0 Å². The Morgan fingerprint density at radius 1 is 0.714 bits per heavy atom. The summed E-state index contributed by atoms with van der Waals surface area (Å²) in [6.07, 6.45) is 0. The van der Waals surface area contributed by atoms with Crippen LogP contribution in [0.4, 0.5) is 0 Å². The van der Waals surface area contributed by atoms with Gasteiger partial charge in [0.2, 0.25) is 0 Å². The van der Waals surface area contributed by atoms with Crippen LogP contribution in [0.25, 0.3) is 0 Å². The Hall–Kier alpha value is 0. The molecule has 0 amide bonds. The molecular formula is C14H30. The molecule has 0 spiro atoms. The number of rotatable bonds is 3. The van der Waals surface area contributed by atoms with Crippen molar-refractivity contribution in [1.82, 2.24) is 0 Å². The van der Waals surface area contributed by atoms with Crippen molar-refractivity contribution in [2.24, 2.45) is 28.6 Å². The van der Waals surface area contributed by atoms with Crippen LogP contribution in [-0.4, -0.2) is 0 Å². The van der Waals surface area contributed by atoms with E-state index in [0.29, 0.717) is 10.8 Å². The zero-order chi connectivity index (χ0) is 11.7. The minimum absolute atomic E-state index is 0.384. The first-order valence-electron chi connectivity index (χ1n) is 6.01. The molecular weight excluding hydrogens is 168 g/mol. The topological polar surface area (TPSA) is 0 Å². The minimum atomic E-state index is 0.384. The fourth-order valence-electron chi connectivity index (χ4n) is 1.92. The average Bonchev–Trinajstić information content (AvgIpc) is 1.99. The third-order valence-corrected chi connectivity index (χ3v) is 4.91. The van der Waals surface area contributed by atoms with Gasteiger partial charge >= 0.3 is 0 Å². The van der Waals surface area contributed by atoms with Crippen molar-refractivity contribution in [2.75, 3.05) is 0 Å². The van der Waals surface area contributed by atoms with Crippen molar-refractivity contribution in [3.05, 3.63) is 0 Å². The fourth-order valence-corrected chi connectivity index (χ4v) is 1.92. The molecule has 0 saturated heterocycles. The molecule has 14 heavy (non-hydrogen) atoms. The molecule has 0 aromatic heterocycles. The van der Waals surface area contributed by atoms with Crippen molar-refractivity contribution in [2.45, 2.75) is 62.3 Å². The molecule has 0 aliphatic carbocycles. The first-order valence-corrected chi connectivity index (χ1v) is 6.01. The van der Waals surface area contributed by atoms with Crippen LogP contribution < -0.4 is 0 Å². The summed E-state index contributed by atoms with van der Waals surface area (Å²) in [6.45, 7) is 21.4. The molecule has 86 valence electrons. The van der Waals surface area contributed by atoms with E-state index < -0.39 is 0 Å². The largest absolute Gasteiger partial charge is 0.0625 e. The van der Waals surface area contributed by atoms with E-state index in [4.69, 9.17) is 0 Å². The summed E-state index contributed by atoms with van der Waals surface area (Å²) in [5, 5.41) is 0. The lowest BCUT2D eigenvalue weighted by molar-refractivity contribution is 0.0221. The average molecular weight is 198 g/mol. The highest BCUT2D eigenvalue weighted by Gasteiger charge is 2.40. The van der Waals surface area contributed by atoms with Gasteiger partial charge in [0.1, 0.15) is 0 Å². The summed E-state index contributed by atoms with van der Waals surface area (Å²) in [7, 11) is 0. The molecule has 0 aliphatic rings. The molecule has 0 aliphatic heterocycles. The lowest BCUT2D eigenvalue weighted by atomic mass is 9.58. The molecule has 0 N–H and O–H groups in total. The van der Waals surface area contributed by atoms with Gasteiger partial charge in [-0.05, 0) is 28.6 Å². The third kappa shape index (κ3) is 2.74. The summed E-state index contributed by atoms with van der Waals surface area (Å²) in [5.41, 5.74) is 0.784. The molecule has 0 radical (unpaired) electrons. The van der Waals surface area contributed by atoms with Gasteiger partial charge in [-0.25, -0.2) is 0 Å². The van der Waals surface area contributed by atoms with Crippen molar-refractivity contribution in [3.8, 4) is 0 Å². The Labute approximate surface area is 91.5 Å². The Kier molecular flexibility index (Phi) is 4.24. The standard InChI is InChI=1S/C14H30/c1-10(2)11(3)12(4)14(8,9)13(5,6)7/h10-12H,1-9H3. The molecule has 0 heteroatoms. The summed E-state index contributed by atoms with van der Waals surface area (Å²) < 4.78 is 0. The van der Waals surface area contributed by atoms with Gasteiger partial charge in [-0.15, -0.1) is 0 Å². The lowest BCUT2D eigenvalue weighted by Gasteiger charge is -2.47. The van der Waals surface area contributed by atoms with E-state index >= 15 is 0 Å². The highest BCUT2D eigenvalue weighted by molar-refractivity contribution is 4.89. The van der Waals surface area contributed by atoms with Gasteiger partial charge < -0.3 is 0 Å². The molecule has 0 fully saturated rings. The SMILES string of the molecule is CC(C)C(C)C(C)C(C)(C)C(C)(C)C. The van der Waals surface area contributed by atoms with Crippen LogP contribution in [0, 0.1) is 28.6 Å². The smallest absolute Gasteiger partial charge is 0.0277 e. The van der Waals surface area contributed by atoms with Gasteiger partial charge in [-0.3, -0.25) is 0 Å². The zero-order valence-corrected chi connectivity index (χ0v) is 11.7. The minimum Gasteiger partial charge on any atom is -0.0625 e. The van der Waals surface area contributed by atoms with Crippen LogP contribution in [0.3, 0.4) is 0 Å². The molecule has 2 unspecified atom stereocenters. The van der Waals surface area contributed by atoms with Crippen LogP contribution in [-0.2, 0) is 0 Å². The maximum absolute atomic E-state index is 2.41. The maximum Gasteiger partial charge on any atom is -0.0277 e. The van der Waals surface area contributed by atoms with Gasteiger partial charge in [-0.2, -0.15) is 0 Å². The second kappa shape index (κ2) is 4.24. The molecule has 0 aromatic rings. The monoisotopic (exact) mass is 198 g/mol. The van der Waals surface area contributed by atoms with Crippen LogP contribution in [0.2, 0.25) is 0 Å². The van der Waals surface area contributed by atoms with Crippen LogP contribution in [0.1, 0.15) is 62.3 Å². The van der Waals surface area contributed by atoms with E-state index in [2.05, 4.69) is 62.3 Å². The van der Waals surface area contributed by atoms with E-state index in [9.17, 15) is 0 Å². The van der Waals surface area contributed by atoms with Gasteiger partial charge in [0.25, 0.3) is 0 Å². The highest BCUT2D eigenvalue weighted by Crippen LogP contribution is 2.47. The van der Waals surface area contributed by atoms with Crippen LogP contribution in [0.15, 0.2) is 0 Å². The van der Waals surface area contributed by atoms with Crippen molar-refractivity contribution < 1.29 is 0 Å². The molecule has 0 bridgehead atoms. The lowest BCUT2D eigenvalue weighted by Crippen LogP contribution is -2.39. The zero-order valence-electron chi connectivity index (χ0n) is 11.7. The van der Waals surface area contributed by atoms with E-state index in [1.54, 1.807) is 0 Å². The molecule has 0 rings (SSSR count). The summed E-state index contributed by atoms with van der Waals surface area (Å²) in [4.78, 5) is 0. The second-order valence-electron chi connectivity index (χ2n) is 6.86. The molecule has 0 aromatic carbocycles. The van der Waals surface area contributed by atoms with Gasteiger partial charge in [0.15, 0.2) is 0 Å². The van der Waals surface area contributed by atoms with Gasteiger partial charge in [0, 0.05) is 0 Å². The van der Waals surface area contributed by atoms with E-state index in [1.165, 1.54) is 0 Å². The quantitative estimate of drug-likeness (QED) is 0.599. The third-order valence-electron chi connectivity index (χ3n) is 4.91. The van der Waals surface area contributed by atoms with Gasteiger partial charge in [0.05, 0.1) is 0 Å². The Balaban J connectivity index is 4.75. The Bertz CT molecular complexity index is 169. The van der Waals surface area contributed by atoms with Crippen molar-refractivity contribution in [3.63, 3.8) is 0 Å². The first-order chi connectivity index (χ1) is 6.01. The van der Waals surface area contributed by atoms with E-state index in [-0.39, 0.29) is 0 Å². The molecule has 0 heterocycles. The molecule has 2 atom stereocenters. The Morgan fingerprint density at radius 2 is 1.07 bits per heavy atom. The number of hydrogen-bond acceptors (Lipinski definition) is 0. The van der Waals surface area contributed by atoms with Crippen LogP contribution >= 0.6 is 0 Å². The normalized spacial score (nSPS) is 18.4. The summed E-state index contributed by atoms with van der Waals surface area (Å²) >= 11 is 0. The molecule has 0 saturated carbocycles. The maximum atomic E-state index is 2.41. The van der Waals surface area contributed by atoms with Gasteiger partial charge in [-0.1, -0.05) is 62.3 Å². The van der Waals surface area contributed by atoms with Crippen molar-refractivity contribution in [1.29, 1.82) is 0 Å².